The Kier molecular flexibility index (Phi) is 3.68. The first-order valence-electron chi connectivity index (χ1n) is 9.95. The molecule has 1 aliphatic heterocycles. The predicted molar refractivity (Wildman–Crippen MR) is 101 cm³/mol. The quantitative estimate of drug-likeness (QED) is 0.798. The maximum Gasteiger partial charge on any atom is 0.222 e. The number of amides is 1. The van der Waals surface area contributed by atoms with Gasteiger partial charge in [0.1, 0.15) is 11.6 Å². The Morgan fingerprint density at radius 1 is 1.21 bits per heavy atom. The molecular formula is C22H23F2N3O. The summed E-state index contributed by atoms with van der Waals surface area (Å²) < 4.78 is 28.5. The monoisotopic (exact) mass is 383 g/mol. The van der Waals surface area contributed by atoms with Crippen molar-refractivity contribution in [3.63, 3.8) is 0 Å². The third-order valence-corrected chi connectivity index (χ3v) is 7.47. The standard InChI is InChI=1S/C22H23F2N3O/c1-21(2)14-8-9-22(21,12-27-10-4-7-18(27)28)20-13(14)11-17(25-26-20)19-15(23)5-3-6-16(19)24/h3,5-6,11,14H,4,7-10,12H2,1-2H3/t14-,22-/m0/s1. The van der Waals surface area contributed by atoms with Crippen LogP contribution in [0.1, 0.15) is 56.7 Å². The van der Waals surface area contributed by atoms with Crippen LogP contribution in [0.25, 0.3) is 11.3 Å². The molecule has 0 radical (unpaired) electrons. The highest BCUT2D eigenvalue weighted by atomic mass is 19.1. The highest BCUT2D eigenvalue weighted by Crippen LogP contribution is 2.67. The fraction of sp³-hybridized carbons (Fsp3) is 0.500. The number of benzene rings is 1. The normalized spacial score (nSPS) is 27.5. The van der Waals surface area contributed by atoms with Crippen LogP contribution >= 0.6 is 0 Å². The van der Waals surface area contributed by atoms with Gasteiger partial charge in [0.15, 0.2) is 0 Å². The van der Waals surface area contributed by atoms with Gasteiger partial charge in [0.05, 0.1) is 17.0 Å². The second-order valence-corrected chi connectivity index (χ2v) is 8.94. The van der Waals surface area contributed by atoms with Crippen LogP contribution in [0.3, 0.4) is 0 Å². The second-order valence-electron chi connectivity index (χ2n) is 8.94. The number of rotatable bonds is 3. The Morgan fingerprint density at radius 3 is 2.64 bits per heavy atom. The number of carbonyl (C=O) groups excluding carboxylic acids is 1. The molecule has 2 atom stereocenters. The first kappa shape index (κ1) is 17.7. The average molecular weight is 383 g/mol. The molecule has 2 bridgehead atoms. The van der Waals surface area contributed by atoms with Crippen LogP contribution in [-0.2, 0) is 10.2 Å². The van der Waals surface area contributed by atoms with Crippen LogP contribution in [-0.4, -0.2) is 34.1 Å². The van der Waals surface area contributed by atoms with Crippen molar-refractivity contribution >= 4 is 5.91 Å². The van der Waals surface area contributed by atoms with Crippen molar-refractivity contribution in [2.45, 2.75) is 50.9 Å². The van der Waals surface area contributed by atoms with Crippen molar-refractivity contribution < 1.29 is 13.6 Å². The van der Waals surface area contributed by atoms with Gasteiger partial charge in [-0.3, -0.25) is 4.79 Å². The zero-order chi connectivity index (χ0) is 19.7. The number of carbonyl (C=O) groups is 1. The van der Waals surface area contributed by atoms with Crippen molar-refractivity contribution in [3.05, 3.63) is 47.2 Å². The summed E-state index contributed by atoms with van der Waals surface area (Å²) in [6.07, 6.45) is 3.48. The lowest BCUT2D eigenvalue weighted by atomic mass is 9.68. The number of likely N-dealkylation sites (tertiary alicyclic amines) is 1. The molecule has 1 aromatic heterocycles. The minimum Gasteiger partial charge on any atom is -0.342 e. The summed E-state index contributed by atoms with van der Waals surface area (Å²) in [5.74, 6) is -0.799. The maximum atomic E-state index is 14.3. The lowest BCUT2D eigenvalue weighted by Gasteiger charge is -2.40. The molecule has 0 unspecified atom stereocenters. The van der Waals surface area contributed by atoms with Gasteiger partial charge in [-0.1, -0.05) is 19.9 Å². The van der Waals surface area contributed by atoms with Gasteiger partial charge < -0.3 is 4.90 Å². The highest BCUT2D eigenvalue weighted by Gasteiger charge is 2.64. The number of hydrogen-bond acceptors (Lipinski definition) is 3. The smallest absolute Gasteiger partial charge is 0.222 e. The maximum absolute atomic E-state index is 14.3. The van der Waals surface area contributed by atoms with Crippen molar-refractivity contribution in [3.8, 4) is 11.3 Å². The van der Waals surface area contributed by atoms with E-state index in [9.17, 15) is 13.6 Å². The zero-order valence-corrected chi connectivity index (χ0v) is 16.1. The Balaban J connectivity index is 1.62. The Morgan fingerprint density at radius 2 is 1.96 bits per heavy atom. The van der Waals surface area contributed by atoms with Gasteiger partial charge in [0.25, 0.3) is 0 Å². The molecular weight excluding hydrogens is 360 g/mol. The highest BCUT2D eigenvalue weighted by molar-refractivity contribution is 5.78. The van der Waals surface area contributed by atoms with Gasteiger partial charge in [0.2, 0.25) is 5.91 Å². The van der Waals surface area contributed by atoms with Crippen LogP contribution in [0.5, 0.6) is 0 Å². The summed E-state index contributed by atoms with van der Waals surface area (Å²) in [7, 11) is 0. The zero-order valence-electron chi connectivity index (χ0n) is 16.1. The van der Waals surface area contributed by atoms with Crippen molar-refractivity contribution in [2.75, 3.05) is 13.1 Å². The van der Waals surface area contributed by atoms with Gasteiger partial charge in [-0.2, -0.15) is 10.2 Å². The first-order valence-corrected chi connectivity index (χ1v) is 9.95. The Bertz CT molecular complexity index is 969. The Hall–Kier alpha value is -2.37. The summed E-state index contributed by atoms with van der Waals surface area (Å²) in [6, 6.07) is 5.65. The molecule has 1 amide bonds. The third-order valence-electron chi connectivity index (χ3n) is 7.47. The number of aromatic nitrogens is 2. The van der Waals surface area contributed by atoms with Gasteiger partial charge in [-0.15, -0.1) is 0 Å². The van der Waals surface area contributed by atoms with Crippen LogP contribution in [0, 0.1) is 17.0 Å². The van der Waals surface area contributed by atoms with E-state index in [0.29, 0.717) is 13.0 Å². The predicted octanol–water partition coefficient (Wildman–Crippen LogP) is 4.20. The summed E-state index contributed by atoms with van der Waals surface area (Å²) in [6.45, 7) is 5.92. The first-order chi connectivity index (χ1) is 13.3. The molecule has 6 heteroatoms. The molecule has 1 saturated carbocycles. The lowest BCUT2D eigenvalue weighted by molar-refractivity contribution is -0.128. The van der Waals surface area contributed by atoms with Crippen molar-refractivity contribution in [1.82, 2.24) is 15.1 Å². The molecule has 2 heterocycles. The van der Waals surface area contributed by atoms with Crippen LogP contribution in [0.2, 0.25) is 0 Å². The molecule has 2 fully saturated rings. The minimum atomic E-state index is -0.631. The van der Waals surface area contributed by atoms with Crippen LogP contribution in [0.4, 0.5) is 8.78 Å². The molecule has 0 spiro atoms. The molecule has 28 heavy (non-hydrogen) atoms. The molecule has 1 saturated heterocycles. The summed E-state index contributed by atoms with van der Waals surface area (Å²) in [5.41, 5.74) is 1.74. The number of hydrogen-bond donors (Lipinski definition) is 0. The molecule has 5 rings (SSSR count). The van der Waals surface area contributed by atoms with E-state index >= 15 is 0 Å². The molecule has 2 aromatic rings. The van der Waals surface area contributed by atoms with Crippen molar-refractivity contribution in [2.24, 2.45) is 5.41 Å². The molecule has 146 valence electrons. The van der Waals surface area contributed by atoms with Gasteiger partial charge in [-0.25, -0.2) is 8.78 Å². The van der Waals surface area contributed by atoms with Gasteiger partial charge in [0, 0.05) is 24.9 Å². The van der Waals surface area contributed by atoms with E-state index in [1.54, 1.807) is 0 Å². The summed E-state index contributed by atoms with van der Waals surface area (Å²) >= 11 is 0. The van der Waals surface area contributed by atoms with E-state index in [-0.39, 0.29) is 33.9 Å². The van der Waals surface area contributed by atoms with Gasteiger partial charge >= 0.3 is 0 Å². The second kappa shape index (κ2) is 5.82. The molecule has 0 N–H and O–H groups in total. The molecule has 2 aliphatic carbocycles. The number of nitrogens with zero attached hydrogens (tertiary/aromatic N) is 3. The topological polar surface area (TPSA) is 46.1 Å². The molecule has 4 nitrogen and oxygen atoms in total. The van der Waals surface area contributed by atoms with E-state index in [2.05, 4.69) is 24.0 Å². The van der Waals surface area contributed by atoms with Crippen LogP contribution in [0.15, 0.2) is 24.3 Å². The fourth-order valence-electron chi connectivity index (χ4n) is 5.84. The van der Waals surface area contributed by atoms with E-state index in [1.807, 2.05) is 11.0 Å². The van der Waals surface area contributed by atoms with Crippen molar-refractivity contribution in [1.29, 1.82) is 0 Å². The van der Waals surface area contributed by atoms with E-state index in [0.717, 1.165) is 37.1 Å². The summed E-state index contributed by atoms with van der Waals surface area (Å²) in [4.78, 5) is 14.2. The molecule has 3 aliphatic rings. The third kappa shape index (κ3) is 2.17. The lowest BCUT2D eigenvalue weighted by Crippen LogP contribution is -2.46. The number of fused-ring (bicyclic) bond motifs is 5. The van der Waals surface area contributed by atoms with E-state index < -0.39 is 11.6 Å². The van der Waals surface area contributed by atoms with E-state index in [4.69, 9.17) is 0 Å². The van der Waals surface area contributed by atoms with Crippen LogP contribution < -0.4 is 0 Å². The molecule has 1 aromatic carbocycles. The van der Waals surface area contributed by atoms with E-state index in [1.165, 1.54) is 18.2 Å². The fourth-order valence-corrected chi connectivity index (χ4v) is 5.84. The minimum absolute atomic E-state index is 0.0840. The number of halogens is 2. The Labute approximate surface area is 163 Å². The van der Waals surface area contributed by atoms with Gasteiger partial charge in [-0.05, 0) is 54.4 Å². The average Bonchev–Trinajstić information content (AvgIpc) is 3.22. The summed E-state index contributed by atoms with van der Waals surface area (Å²) in [5, 5.41) is 8.75. The SMILES string of the molecule is CC1(C)[C@H]2CC[C@]1(CN1CCCC1=O)c1nnc(-c3c(F)cccc3F)cc12. The largest absolute Gasteiger partial charge is 0.342 e.